The van der Waals surface area contributed by atoms with Crippen molar-refractivity contribution in [2.75, 3.05) is 30.5 Å². The van der Waals surface area contributed by atoms with Gasteiger partial charge in [0.15, 0.2) is 0 Å². The standard InChI is InChI=1S/C26H22N6O3/c1-34-26(33)31-25-29-21-8-6-17(13-22(21)30-25)16-7-9-23-18(12-16)14-32(10-11-35-23)24-19-4-2-3-5-20(19)27-15-28-24/h2-9,12-13,15H,10-11,14H2,1H3,(H2,29,30,31,33). The number of nitrogens with one attached hydrogen (secondary N) is 2. The number of H-pyrrole nitrogens is 1. The van der Waals surface area contributed by atoms with Crippen LogP contribution in [0.15, 0.2) is 67.0 Å². The number of amides is 1. The van der Waals surface area contributed by atoms with E-state index in [9.17, 15) is 4.79 Å². The van der Waals surface area contributed by atoms with Gasteiger partial charge in [-0.25, -0.2) is 19.7 Å². The Hall–Kier alpha value is -4.66. The number of aromatic amines is 1. The summed E-state index contributed by atoms with van der Waals surface area (Å²) in [6.07, 6.45) is 1.04. The maximum atomic E-state index is 11.5. The summed E-state index contributed by atoms with van der Waals surface area (Å²) in [6.45, 7) is 1.96. The second-order valence-corrected chi connectivity index (χ2v) is 8.24. The minimum atomic E-state index is -0.573. The summed E-state index contributed by atoms with van der Waals surface area (Å²) in [5, 5.41) is 3.58. The SMILES string of the molecule is COC(=O)Nc1nc2ccc(-c3ccc4c(c3)CN(c3ncnc5ccccc35)CCO4)cc2[nH]1. The molecule has 0 saturated carbocycles. The van der Waals surface area contributed by atoms with Gasteiger partial charge >= 0.3 is 6.09 Å². The molecule has 0 aliphatic carbocycles. The van der Waals surface area contributed by atoms with E-state index in [2.05, 4.69) is 53.1 Å². The lowest BCUT2D eigenvalue weighted by Gasteiger charge is -2.22. The highest BCUT2D eigenvalue weighted by molar-refractivity contribution is 5.90. The fourth-order valence-electron chi connectivity index (χ4n) is 4.39. The number of anilines is 2. The summed E-state index contributed by atoms with van der Waals surface area (Å²) in [6, 6.07) is 20.2. The van der Waals surface area contributed by atoms with Crippen molar-refractivity contribution in [3.05, 3.63) is 72.6 Å². The van der Waals surface area contributed by atoms with Gasteiger partial charge in [-0.2, -0.15) is 0 Å². The van der Waals surface area contributed by atoms with Gasteiger partial charge in [-0.15, -0.1) is 0 Å². The van der Waals surface area contributed by atoms with E-state index < -0.39 is 6.09 Å². The van der Waals surface area contributed by atoms with Gasteiger partial charge in [0.25, 0.3) is 0 Å². The minimum Gasteiger partial charge on any atom is -0.491 e. The van der Waals surface area contributed by atoms with E-state index in [-0.39, 0.29) is 0 Å². The Labute approximate surface area is 200 Å². The van der Waals surface area contributed by atoms with Crippen LogP contribution in [0, 0.1) is 0 Å². The van der Waals surface area contributed by atoms with E-state index >= 15 is 0 Å². The van der Waals surface area contributed by atoms with Gasteiger partial charge in [0.1, 0.15) is 24.5 Å². The Kier molecular flexibility index (Phi) is 5.14. The minimum absolute atomic E-state index is 0.340. The van der Waals surface area contributed by atoms with Crippen LogP contribution in [0.1, 0.15) is 5.56 Å². The Balaban J connectivity index is 1.33. The topological polar surface area (TPSA) is 105 Å². The molecule has 2 N–H and O–H groups in total. The van der Waals surface area contributed by atoms with Gasteiger partial charge in [-0.1, -0.05) is 24.3 Å². The van der Waals surface area contributed by atoms with Crippen molar-refractivity contribution in [3.63, 3.8) is 0 Å². The van der Waals surface area contributed by atoms with Crippen molar-refractivity contribution in [2.45, 2.75) is 6.54 Å². The highest BCUT2D eigenvalue weighted by Crippen LogP contribution is 2.33. The van der Waals surface area contributed by atoms with Gasteiger partial charge in [-0.3, -0.25) is 5.32 Å². The molecule has 1 aliphatic rings. The first-order chi connectivity index (χ1) is 17.2. The van der Waals surface area contributed by atoms with Crippen molar-refractivity contribution in [1.29, 1.82) is 0 Å². The maximum Gasteiger partial charge on any atom is 0.413 e. The number of hydrogen-bond donors (Lipinski definition) is 2. The number of carbonyl (C=O) groups excluding carboxylic acids is 1. The first-order valence-electron chi connectivity index (χ1n) is 11.2. The van der Waals surface area contributed by atoms with Crippen molar-refractivity contribution in [3.8, 4) is 16.9 Å². The van der Waals surface area contributed by atoms with Crippen LogP contribution in [0.25, 0.3) is 33.1 Å². The third-order valence-electron chi connectivity index (χ3n) is 6.08. The number of imidazole rings is 1. The number of para-hydroxylation sites is 1. The van der Waals surface area contributed by atoms with E-state index in [4.69, 9.17) is 4.74 Å². The molecule has 35 heavy (non-hydrogen) atoms. The fraction of sp³-hybridized carbons (Fsp3) is 0.154. The Morgan fingerprint density at radius 3 is 2.83 bits per heavy atom. The van der Waals surface area contributed by atoms with Crippen molar-refractivity contribution in [1.82, 2.24) is 19.9 Å². The monoisotopic (exact) mass is 466 g/mol. The van der Waals surface area contributed by atoms with Crippen LogP contribution in [-0.2, 0) is 11.3 Å². The Morgan fingerprint density at radius 1 is 1.06 bits per heavy atom. The Bertz CT molecular complexity index is 1560. The summed E-state index contributed by atoms with van der Waals surface area (Å²) in [5.41, 5.74) is 5.65. The summed E-state index contributed by atoms with van der Waals surface area (Å²) in [7, 11) is 1.31. The average molecular weight is 467 g/mol. The number of nitrogens with zero attached hydrogens (tertiary/aromatic N) is 4. The molecule has 0 unspecified atom stereocenters. The largest absolute Gasteiger partial charge is 0.491 e. The number of carbonyl (C=O) groups is 1. The first kappa shape index (κ1) is 20.9. The number of fused-ring (bicyclic) bond motifs is 3. The normalized spacial score (nSPS) is 13.2. The third-order valence-corrected chi connectivity index (χ3v) is 6.08. The smallest absolute Gasteiger partial charge is 0.413 e. The van der Waals surface area contributed by atoms with Crippen LogP contribution in [0.3, 0.4) is 0 Å². The number of benzene rings is 3. The summed E-state index contributed by atoms with van der Waals surface area (Å²) >= 11 is 0. The molecule has 0 saturated heterocycles. The van der Waals surface area contributed by atoms with E-state index in [1.165, 1.54) is 7.11 Å². The van der Waals surface area contributed by atoms with Gasteiger partial charge in [0, 0.05) is 17.5 Å². The average Bonchev–Trinajstić information content (AvgIpc) is 3.17. The van der Waals surface area contributed by atoms with Gasteiger partial charge in [0.2, 0.25) is 5.95 Å². The van der Waals surface area contributed by atoms with E-state index in [0.29, 0.717) is 19.1 Å². The third kappa shape index (κ3) is 3.97. The van der Waals surface area contributed by atoms with Crippen LogP contribution >= 0.6 is 0 Å². The lowest BCUT2D eigenvalue weighted by molar-refractivity contribution is 0.186. The quantitative estimate of drug-likeness (QED) is 0.395. The van der Waals surface area contributed by atoms with E-state index in [1.807, 2.05) is 42.5 Å². The van der Waals surface area contributed by atoms with Gasteiger partial charge in [0.05, 0.1) is 30.2 Å². The zero-order valence-electron chi connectivity index (χ0n) is 19.0. The number of hydrogen-bond acceptors (Lipinski definition) is 7. The molecule has 3 heterocycles. The zero-order chi connectivity index (χ0) is 23.8. The predicted molar refractivity (Wildman–Crippen MR) is 134 cm³/mol. The van der Waals surface area contributed by atoms with Crippen molar-refractivity contribution < 1.29 is 14.3 Å². The number of rotatable bonds is 3. The molecule has 6 rings (SSSR count). The lowest BCUT2D eigenvalue weighted by Crippen LogP contribution is -2.26. The molecule has 2 aromatic heterocycles. The molecule has 3 aromatic carbocycles. The number of aromatic nitrogens is 4. The molecule has 0 atom stereocenters. The van der Waals surface area contributed by atoms with Crippen LogP contribution in [0.2, 0.25) is 0 Å². The lowest BCUT2D eigenvalue weighted by atomic mass is 10.0. The van der Waals surface area contributed by atoms with E-state index in [1.54, 1.807) is 6.33 Å². The van der Waals surface area contributed by atoms with Crippen LogP contribution < -0.4 is 15.0 Å². The zero-order valence-corrected chi connectivity index (χ0v) is 19.0. The van der Waals surface area contributed by atoms with Gasteiger partial charge in [-0.05, 0) is 47.5 Å². The van der Waals surface area contributed by atoms with Crippen molar-refractivity contribution in [2.24, 2.45) is 0 Å². The highest BCUT2D eigenvalue weighted by Gasteiger charge is 2.19. The molecule has 0 spiro atoms. The van der Waals surface area contributed by atoms with Crippen LogP contribution in [0.5, 0.6) is 5.75 Å². The Morgan fingerprint density at radius 2 is 1.91 bits per heavy atom. The number of ether oxygens (including phenoxy) is 2. The van der Waals surface area contributed by atoms with Crippen LogP contribution in [0.4, 0.5) is 16.6 Å². The first-order valence-corrected chi connectivity index (χ1v) is 11.2. The summed E-state index contributed by atoms with van der Waals surface area (Å²) in [4.78, 5) is 30.2. The van der Waals surface area contributed by atoms with Crippen molar-refractivity contribution >= 4 is 39.8 Å². The predicted octanol–water partition coefficient (Wildman–Crippen LogP) is 4.75. The second-order valence-electron chi connectivity index (χ2n) is 8.24. The van der Waals surface area contributed by atoms with Crippen LogP contribution in [-0.4, -0.2) is 46.3 Å². The molecule has 5 aromatic rings. The molecule has 0 bridgehead atoms. The number of methoxy groups -OCH3 is 1. The van der Waals surface area contributed by atoms with E-state index in [0.717, 1.165) is 56.7 Å². The summed E-state index contributed by atoms with van der Waals surface area (Å²) < 4.78 is 10.7. The molecule has 1 amide bonds. The molecule has 0 radical (unpaired) electrons. The molecule has 0 fully saturated rings. The highest BCUT2D eigenvalue weighted by atomic mass is 16.5. The second kappa shape index (κ2) is 8.60. The van der Waals surface area contributed by atoms with Gasteiger partial charge < -0.3 is 19.4 Å². The summed E-state index contributed by atoms with van der Waals surface area (Å²) in [5.74, 6) is 2.12. The maximum absolute atomic E-state index is 11.5. The molecular formula is C26H22N6O3. The molecule has 174 valence electrons. The molecule has 9 nitrogen and oxygen atoms in total. The molecular weight excluding hydrogens is 444 g/mol. The molecule has 9 heteroatoms. The molecule has 1 aliphatic heterocycles. The fourth-order valence-corrected chi connectivity index (χ4v) is 4.39.